The number of aromatic nitrogens is 1. The number of primary amides is 1. The van der Waals surface area contributed by atoms with Gasteiger partial charge in [-0.1, -0.05) is 11.6 Å². The van der Waals surface area contributed by atoms with E-state index in [1.165, 1.54) is 18.2 Å². The first kappa shape index (κ1) is 30.4. The molecule has 2 aliphatic carbocycles. The normalized spacial score (nSPS) is 19.8. The molecule has 0 bridgehead atoms. The number of nitrogens with zero attached hydrogens (tertiary/aromatic N) is 2. The second-order valence-corrected chi connectivity index (χ2v) is 12.2. The Morgan fingerprint density at radius 2 is 1.96 bits per heavy atom. The van der Waals surface area contributed by atoms with Crippen molar-refractivity contribution < 1.29 is 32.2 Å². The van der Waals surface area contributed by atoms with Crippen molar-refractivity contribution in [3.05, 3.63) is 70.2 Å². The Labute approximate surface area is 258 Å². The summed E-state index contributed by atoms with van der Waals surface area (Å²) < 4.78 is 52.6. The lowest BCUT2D eigenvalue weighted by Gasteiger charge is -2.22. The number of ether oxygens (including phenoxy) is 2. The maximum Gasteiger partial charge on any atom is 0.331 e. The van der Waals surface area contributed by atoms with Gasteiger partial charge < -0.3 is 26.3 Å². The number of hydrogen-bond acceptors (Lipinski definition) is 7. The Balaban J connectivity index is 1.34. The minimum Gasteiger partial charge on any atom is -0.489 e. The molecule has 0 spiro atoms. The molecule has 45 heavy (non-hydrogen) atoms. The van der Waals surface area contributed by atoms with E-state index in [0.29, 0.717) is 17.0 Å². The van der Waals surface area contributed by atoms with Gasteiger partial charge in [-0.2, -0.15) is 8.78 Å². The first-order chi connectivity index (χ1) is 21.4. The van der Waals surface area contributed by atoms with Crippen LogP contribution < -0.4 is 26.3 Å². The molecule has 3 aliphatic rings. The summed E-state index contributed by atoms with van der Waals surface area (Å²) in [6.07, 6.45) is 4.35. The third kappa shape index (κ3) is 6.18. The van der Waals surface area contributed by atoms with Gasteiger partial charge in [0.15, 0.2) is 0 Å². The summed E-state index contributed by atoms with van der Waals surface area (Å²) in [4.78, 5) is 34.1. The Morgan fingerprint density at radius 3 is 2.62 bits per heavy atom. The zero-order chi connectivity index (χ0) is 32.0. The van der Waals surface area contributed by atoms with Gasteiger partial charge in [-0.05, 0) is 75.8 Å². The molecular weight excluding hydrogens is 587 g/mol. The number of fused-ring (bicyclic) bond motifs is 1. The smallest absolute Gasteiger partial charge is 0.331 e. The van der Waals surface area contributed by atoms with Crippen LogP contribution in [0.4, 0.5) is 18.9 Å². The van der Waals surface area contributed by atoms with Crippen LogP contribution in [0.5, 0.6) is 11.5 Å². The third-order valence-electron chi connectivity index (χ3n) is 8.65. The molecule has 3 aromatic rings. The molecule has 12 heteroatoms. The van der Waals surface area contributed by atoms with Crippen molar-refractivity contribution in [1.29, 1.82) is 0 Å². The van der Waals surface area contributed by atoms with Crippen LogP contribution in [-0.2, 0) is 10.2 Å². The minimum absolute atomic E-state index is 0.00629. The van der Waals surface area contributed by atoms with E-state index in [1.807, 2.05) is 6.92 Å². The van der Waals surface area contributed by atoms with E-state index in [-0.39, 0.29) is 64.9 Å². The number of pyridine rings is 1. The molecule has 0 radical (unpaired) electrons. The topological polar surface area (TPSA) is 142 Å². The van der Waals surface area contributed by atoms with Gasteiger partial charge in [0, 0.05) is 46.6 Å². The van der Waals surface area contributed by atoms with E-state index < -0.39 is 29.6 Å². The number of nitrogen functional groups attached to an aromatic ring is 1. The van der Waals surface area contributed by atoms with Gasteiger partial charge in [0.2, 0.25) is 5.91 Å². The standard InChI is InChI=1S/C33H34F3N5O4/c1-16-3-8-24(34)21(9-16)28-29-23(33(2,15-44-29)31(38)43)12-25(41-28)22(17-4-5-17)14-39-30(42)18-10-19(13-40-32(35)36)27(37)26(11-18)45-20-6-7-20/h3,8-13,17,20,22,32H,4-7,14-15,37H2,1-2H3,(H2,38,43)(H,39,42)/b40-13+/t22-,33-/m0/s1. The number of nitrogens with two attached hydrogens (primary N) is 2. The summed E-state index contributed by atoms with van der Waals surface area (Å²) in [5.41, 5.74) is 13.7. The van der Waals surface area contributed by atoms with Crippen molar-refractivity contribution in [2.24, 2.45) is 16.6 Å². The van der Waals surface area contributed by atoms with Crippen LogP contribution in [0, 0.1) is 18.7 Å². The monoisotopic (exact) mass is 621 g/mol. The van der Waals surface area contributed by atoms with Gasteiger partial charge in [-0.15, -0.1) is 0 Å². The van der Waals surface area contributed by atoms with E-state index in [2.05, 4.69) is 10.3 Å². The maximum absolute atomic E-state index is 15.2. The Morgan fingerprint density at radius 1 is 1.20 bits per heavy atom. The number of halogens is 3. The first-order valence-corrected chi connectivity index (χ1v) is 14.9. The molecule has 6 rings (SSSR count). The molecule has 1 aromatic heterocycles. The molecule has 2 saturated carbocycles. The fourth-order valence-electron chi connectivity index (χ4n) is 5.60. The molecule has 2 heterocycles. The Bertz CT molecular complexity index is 1710. The van der Waals surface area contributed by atoms with Crippen molar-refractivity contribution in [2.45, 2.75) is 63.5 Å². The van der Waals surface area contributed by atoms with Crippen LogP contribution in [0.25, 0.3) is 11.3 Å². The number of anilines is 1. The number of alkyl halides is 2. The van der Waals surface area contributed by atoms with E-state index in [4.69, 9.17) is 25.9 Å². The zero-order valence-electron chi connectivity index (χ0n) is 24.9. The number of benzene rings is 2. The molecule has 2 aromatic carbocycles. The van der Waals surface area contributed by atoms with Gasteiger partial charge in [0.25, 0.3) is 5.91 Å². The first-order valence-electron chi connectivity index (χ1n) is 14.9. The molecule has 2 atom stereocenters. The zero-order valence-corrected chi connectivity index (χ0v) is 24.9. The highest BCUT2D eigenvalue weighted by atomic mass is 19.3. The second-order valence-electron chi connectivity index (χ2n) is 12.2. The van der Waals surface area contributed by atoms with Crippen molar-refractivity contribution in [2.75, 3.05) is 18.9 Å². The lowest BCUT2D eigenvalue weighted by molar-refractivity contribution is -0.123. The van der Waals surface area contributed by atoms with E-state index in [0.717, 1.165) is 37.5 Å². The number of nitrogens with one attached hydrogen (secondary N) is 1. The lowest BCUT2D eigenvalue weighted by Crippen LogP contribution is -2.40. The Hall–Kier alpha value is -4.61. The van der Waals surface area contributed by atoms with Gasteiger partial charge in [0.1, 0.15) is 35.0 Å². The molecule has 9 nitrogen and oxygen atoms in total. The molecule has 0 saturated heterocycles. The Kier molecular flexibility index (Phi) is 7.92. The van der Waals surface area contributed by atoms with Gasteiger partial charge in [-0.25, -0.2) is 14.4 Å². The summed E-state index contributed by atoms with van der Waals surface area (Å²) in [6, 6.07) is 9.36. The number of carbonyl (C=O) groups is 2. The quantitative estimate of drug-likeness (QED) is 0.156. The van der Waals surface area contributed by atoms with Crippen LogP contribution >= 0.6 is 0 Å². The van der Waals surface area contributed by atoms with Crippen molar-refractivity contribution in [3.8, 4) is 22.8 Å². The average molecular weight is 622 g/mol. The highest BCUT2D eigenvalue weighted by Crippen LogP contribution is 2.48. The molecule has 0 unspecified atom stereocenters. The van der Waals surface area contributed by atoms with Crippen LogP contribution in [0.1, 0.15) is 71.3 Å². The minimum atomic E-state index is -2.94. The van der Waals surface area contributed by atoms with Crippen molar-refractivity contribution >= 4 is 23.7 Å². The summed E-state index contributed by atoms with van der Waals surface area (Å²) in [6.45, 7) is 0.754. The van der Waals surface area contributed by atoms with Gasteiger partial charge in [-0.3, -0.25) is 9.59 Å². The van der Waals surface area contributed by atoms with E-state index >= 15 is 4.39 Å². The predicted octanol–water partition coefficient (Wildman–Crippen LogP) is 5.02. The van der Waals surface area contributed by atoms with Crippen LogP contribution in [0.2, 0.25) is 0 Å². The van der Waals surface area contributed by atoms with Crippen LogP contribution in [0.15, 0.2) is 41.4 Å². The highest BCUT2D eigenvalue weighted by molar-refractivity contribution is 5.99. The van der Waals surface area contributed by atoms with Crippen LogP contribution in [0.3, 0.4) is 0 Å². The number of amides is 2. The second kappa shape index (κ2) is 11.7. The molecule has 236 valence electrons. The van der Waals surface area contributed by atoms with Crippen LogP contribution in [-0.4, -0.2) is 48.8 Å². The summed E-state index contributed by atoms with van der Waals surface area (Å²) in [5.74, 6) is -1.09. The average Bonchev–Trinajstić information content (AvgIpc) is 3.94. The molecule has 1 aliphatic heterocycles. The summed E-state index contributed by atoms with van der Waals surface area (Å²) in [5, 5.41) is 2.95. The third-order valence-corrected chi connectivity index (χ3v) is 8.65. The SMILES string of the molecule is Cc1ccc(F)c(-c2nc([C@@H](CNC(=O)c3cc(/C=N/C(F)F)c(N)c(OC4CC4)c3)C3CC3)cc3c2OC[C@]3(C)C(N)=O)c1. The highest BCUT2D eigenvalue weighted by Gasteiger charge is 2.45. The number of aryl methyl sites for hydroxylation is 1. The van der Waals surface area contributed by atoms with E-state index in [9.17, 15) is 18.4 Å². The number of hydrogen-bond donors (Lipinski definition) is 3. The molecule has 5 N–H and O–H groups in total. The molecular formula is C33H34F3N5O4. The lowest BCUT2D eigenvalue weighted by atomic mass is 9.82. The molecule has 2 fully saturated rings. The fourth-order valence-corrected chi connectivity index (χ4v) is 5.60. The largest absolute Gasteiger partial charge is 0.489 e. The fraction of sp³-hybridized carbons (Fsp3) is 0.394. The summed E-state index contributed by atoms with van der Waals surface area (Å²) >= 11 is 0. The number of rotatable bonds is 11. The maximum atomic E-state index is 15.2. The van der Waals surface area contributed by atoms with Gasteiger partial charge in [0.05, 0.1) is 11.8 Å². The number of carbonyl (C=O) groups excluding carboxylic acids is 2. The number of aliphatic imine (C=N–C) groups is 1. The summed E-state index contributed by atoms with van der Waals surface area (Å²) in [7, 11) is 0. The predicted molar refractivity (Wildman–Crippen MR) is 162 cm³/mol. The van der Waals surface area contributed by atoms with E-state index in [1.54, 1.807) is 25.1 Å². The van der Waals surface area contributed by atoms with Crippen molar-refractivity contribution in [3.63, 3.8) is 0 Å². The van der Waals surface area contributed by atoms with Crippen molar-refractivity contribution in [1.82, 2.24) is 10.3 Å². The van der Waals surface area contributed by atoms with Gasteiger partial charge >= 0.3 is 6.55 Å². The molecule has 2 amide bonds.